The predicted octanol–water partition coefficient (Wildman–Crippen LogP) is 3.46. The molecule has 0 unspecified atom stereocenters. The second-order valence-corrected chi connectivity index (χ2v) is 3.92. The lowest BCUT2D eigenvalue weighted by Gasteiger charge is -1.97. The molecule has 0 spiro atoms. The summed E-state index contributed by atoms with van der Waals surface area (Å²) in [5.74, 6) is 5.56. The fourth-order valence-electron chi connectivity index (χ4n) is 1.23. The maximum atomic E-state index is 8.45. The van der Waals surface area contributed by atoms with Gasteiger partial charge in [-0.3, -0.25) is 0 Å². The fourth-order valence-corrected chi connectivity index (χ4v) is 1.23. The molecule has 0 heterocycles. The molecule has 0 atom stereocenters. The van der Waals surface area contributed by atoms with Crippen LogP contribution in [0.2, 0.25) is 0 Å². The highest BCUT2D eigenvalue weighted by Crippen LogP contribution is 2.08. The molecule has 1 heteroatoms. The molecule has 0 aliphatic rings. The van der Waals surface area contributed by atoms with Gasteiger partial charge in [-0.2, -0.15) is 0 Å². The monoisotopic (exact) mass is 206 g/mol. The van der Waals surface area contributed by atoms with Crippen LogP contribution in [0.25, 0.3) is 0 Å². The number of hydrogen-bond acceptors (Lipinski definition) is 1. The zero-order valence-corrected chi connectivity index (χ0v) is 10.1. The van der Waals surface area contributed by atoms with Crippen molar-refractivity contribution in [3.05, 3.63) is 23.3 Å². The van der Waals surface area contributed by atoms with Crippen molar-refractivity contribution in [2.75, 3.05) is 6.61 Å². The van der Waals surface area contributed by atoms with E-state index in [9.17, 15) is 0 Å². The Morgan fingerprint density at radius 1 is 1.07 bits per heavy atom. The van der Waals surface area contributed by atoms with Gasteiger partial charge in [-0.15, -0.1) is 5.92 Å². The van der Waals surface area contributed by atoms with E-state index in [2.05, 4.69) is 44.8 Å². The van der Waals surface area contributed by atoms with Crippen LogP contribution in [-0.4, -0.2) is 11.7 Å². The van der Waals surface area contributed by atoms with E-state index in [1.54, 1.807) is 0 Å². The van der Waals surface area contributed by atoms with Crippen LogP contribution >= 0.6 is 0 Å². The predicted molar refractivity (Wildman–Crippen MR) is 66.5 cm³/mol. The Hall–Kier alpha value is -1.00. The van der Waals surface area contributed by atoms with Gasteiger partial charge in [-0.05, 0) is 40.0 Å². The second-order valence-electron chi connectivity index (χ2n) is 3.92. The molecular weight excluding hydrogens is 184 g/mol. The molecule has 0 aliphatic carbocycles. The Balaban J connectivity index is 3.65. The Morgan fingerprint density at radius 3 is 2.40 bits per heavy atom. The smallest absolute Gasteiger partial charge is 0.104 e. The maximum Gasteiger partial charge on any atom is 0.104 e. The molecular formula is C14H22O. The first kappa shape index (κ1) is 14.0. The van der Waals surface area contributed by atoms with Crippen molar-refractivity contribution in [3.8, 4) is 11.8 Å². The minimum absolute atomic E-state index is 0.0245. The highest BCUT2D eigenvalue weighted by molar-refractivity contribution is 5.05. The molecule has 0 bridgehead atoms. The van der Waals surface area contributed by atoms with Gasteiger partial charge in [0.25, 0.3) is 0 Å². The van der Waals surface area contributed by atoms with Crippen molar-refractivity contribution in [2.24, 2.45) is 0 Å². The Labute approximate surface area is 93.9 Å². The third-order valence-corrected chi connectivity index (χ3v) is 2.06. The SMILES string of the molecule is CC(C)=CCCC(C)=CCCC#CCO. The molecule has 0 rings (SSSR count). The molecule has 0 saturated carbocycles. The standard InChI is InChI=1S/C14H22O/c1-13(2)9-8-11-14(3)10-6-4-5-7-12-15/h9-10,15H,4,6,8,11-12H2,1-3H3. The average Bonchev–Trinajstić information content (AvgIpc) is 2.17. The van der Waals surface area contributed by atoms with Crippen LogP contribution in [0.4, 0.5) is 0 Å². The van der Waals surface area contributed by atoms with Crippen molar-refractivity contribution >= 4 is 0 Å². The molecule has 0 aromatic rings. The van der Waals surface area contributed by atoms with Gasteiger partial charge in [0, 0.05) is 6.42 Å². The summed E-state index contributed by atoms with van der Waals surface area (Å²) in [5.41, 5.74) is 2.81. The van der Waals surface area contributed by atoms with E-state index in [0.29, 0.717) is 0 Å². The van der Waals surface area contributed by atoms with Gasteiger partial charge in [-0.1, -0.05) is 29.2 Å². The zero-order chi connectivity index (χ0) is 11.5. The van der Waals surface area contributed by atoms with E-state index < -0.39 is 0 Å². The molecule has 0 aromatic heterocycles. The van der Waals surface area contributed by atoms with Crippen molar-refractivity contribution in [2.45, 2.75) is 46.5 Å². The Kier molecular flexibility index (Phi) is 8.91. The molecule has 0 aromatic carbocycles. The van der Waals surface area contributed by atoms with Crippen molar-refractivity contribution < 1.29 is 5.11 Å². The first-order chi connectivity index (χ1) is 7.16. The van der Waals surface area contributed by atoms with Crippen molar-refractivity contribution in [1.82, 2.24) is 0 Å². The van der Waals surface area contributed by atoms with Gasteiger partial charge < -0.3 is 5.11 Å². The third-order valence-electron chi connectivity index (χ3n) is 2.06. The fraction of sp³-hybridized carbons (Fsp3) is 0.571. The summed E-state index contributed by atoms with van der Waals surface area (Å²) in [7, 11) is 0. The summed E-state index contributed by atoms with van der Waals surface area (Å²) in [6.07, 6.45) is 8.62. The summed E-state index contributed by atoms with van der Waals surface area (Å²) < 4.78 is 0. The van der Waals surface area contributed by atoms with Crippen LogP contribution in [0.5, 0.6) is 0 Å². The van der Waals surface area contributed by atoms with Crippen LogP contribution in [-0.2, 0) is 0 Å². The number of allylic oxidation sites excluding steroid dienone is 4. The number of aliphatic hydroxyl groups excluding tert-OH is 1. The Bertz CT molecular complexity index is 269. The summed E-state index contributed by atoms with van der Waals surface area (Å²) in [5, 5.41) is 8.45. The number of rotatable bonds is 5. The molecule has 1 N–H and O–H groups in total. The van der Waals surface area contributed by atoms with Crippen LogP contribution < -0.4 is 0 Å². The third kappa shape index (κ3) is 10.9. The van der Waals surface area contributed by atoms with Crippen LogP contribution in [0, 0.1) is 11.8 Å². The molecule has 15 heavy (non-hydrogen) atoms. The lowest BCUT2D eigenvalue weighted by Crippen LogP contribution is -1.78. The molecule has 0 aliphatic heterocycles. The summed E-state index contributed by atoms with van der Waals surface area (Å²) in [4.78, 5) is 0. The van der Waals surface area contributed by atoms with Crippen LogP contribution in [0.1, 0.15) is 46.5 Å². The van der Waals surface area contributed by atoms with E-state index in [1.807, 2.05) is 0 Å². The van der Waals surface area contributed by atoms with Crippen LogP contribution in [0.15, 0.2) is 23.3 Å². The van der Waals surface area contributed by atoms with E-state index in [0.717, 1.165) is 25.7 Å². The van der Waals surface area contributed by atoms with Gasteiger partial charge in [0.1, 0.15) is 6.61 Å². The number of hydrogen-bond donors (Lipinski definition) is 1. The second kappa shape index (κ2) is 9.55. The molecule has 0 amide bonds. The molecule has 1 nitrogen and oxygen atoms in total. The van der Waals surface area contributed by atoms with E-state index in [1.165, 1.54) is 11.1 Å². The van der Waals surface area contributed by atoms with Crippen molar-refractivity contribution in [1.29, 1.82) is 0 Å². The molecule has 0 saturated heterocycles. The van der Waals surface area contributed by atoms with E-state index >= 15 is 0 Å². The normalized spacial score (nSPS) is 10.5. The topological polar surface area (TPSA) is 20.2 Å². The highest BCUT2D eigenvalue weighted by atomic mass is 16.2. The highest BCUT2D eigenvalue weighted by Gasteiger charge is 1.88. The first-order valence-corrected chi connectivity index (χ1v) is 5.52. The lowest BCUT2D eigenvalue weighted by molar-refractivity contribution is 0.350. The quantitative estimate of drug-likeness (QED) is 0.415. The average molecular weight is 206 g/mol. The van der Waals surface area contributed by atoms with Gasteiger partial charge >= 0.3 is 0 Å². The molecule has 0 fully saturated rings. The van der Waals surface area contributed by atoms with Gasteiger partial charge in [0.15, 0.2) is 0 Å². The van der Waals surface area contributed by atoms with Gasteiger partial charge in [-0.25, -0.2) is 0 Å². The number of aliphatic hydroxyl groups is 1. The molecule has 0 radical (unpaired) electrons. The van der Waals surface area contributed by atoms with Gasteiger partial charge in [0.05, 0.1) is 0 Å². The Morgan fingerprint density at radius 2 is 1.80 bits per heavy atom. The van der Waals surface area contributed by atoms with E-state index in [4.69, 9.17) is 5.11 Å². The summed E-state index contributed by atoms with van der Waals surface area (Å²) in [6, 6.07) is 0. The van der Waals surface area contributed by atoms with E-state index in [-0.39, 0.29) is 6.61 Å². The summed E-state index contributed by atoms with van der Waals surface area (Å²) >= 11 is 0. The number of unbranched alkanes of at least 4 members (excludes halogenated alkanes) is 1. The van der Waals surface area contributed by atoms with Crippen LogP contribution in [0.3, 0.4) is 0 Å². The van der Waals surface area contributed by atoms with Gasteiger partial charge in [0.2, 0.25) is 0 Å². The maximum absolute atomic E-state index is 8.45. The zero-order valence-electron chi connectivity index (χ0n) is 10.1. The van der Waals surface area contributed by atoms with Crippen molar-refractivity contribution in [3.63, 3.8) is 0 Å². The minimum atomic E-state index is -0.0245. The summed E-state index contributed by atoms with van der Waals surface area (Å²) in [6.45, 7) is 6.40. The largest absolute Gasteiger partial charge is 0.384 e. The minimum Gasteiger partial charge on any atom is -0.384 e. The first-order valence-electron chi connectivity index (χ1n) is 5.52. The molecule has 84 valence electrons. The lowest BCUT2D eigenvalue weighted by atomic mass is 10.1.